The molecule has 0 aliphatic rings. The van der Waals surface area contributed by atoms with Crippen molar-refractivity contribution in [2.45, 2.75) is 58.5 Å². The Morgan fingerprint density at radius 3 is 2.44 bits per heavy atom. The van der Waals surface area contributed by atoms with E-state index in [2.05, 4.69) is 13.5 Å². The number of esters is 1. The number of unbranched alkanes of at least 4 members (excludes halogenated alkanes) is 4. The van der Waals surface area contributed by atoms with E-state index in [1.165, 1.54) is 12.8 Å². The van der Waals surface area contributed by atoms with E-state index in [0.29, 0.717) is 6.42 Å². The predicted molar refractivity (Wildman–Crippen MR) is 64.0 cm³/mol. The largest absolute Gasteiger partial charge is 0.463 e. The number of halogens is 1. The summed E-state index contributed by atoms with van der Waals surface area (Å²) >= 11 is 0. The van der Waals surface area contributed by atoms with E-state index in [1.807, 2.05) is 0 Å². The molecule has 0 spiro atoms. The van der Waals surface area contributed by atoms with Crippen LogP contribution in [0.2, 0.25) is 0 Å². The van der Waals surface area contributed by atoms with Crippen LogP contribution in [-0.4, -0.2) is 18.7 Å². The number of carbonyl (C=O) groups is 1. The molecule has 0 saturated carbocycles. The van der Waals surface area contributed by atoms with Crippen molar-refractivity contribution >= 4 is 5.97 Å². The molecule has 1 atom stereocenters. The van der Waals surface area contributed by atoms with E-state index in [9.17, 15) is 9.18 Å². The van der Waals surface area contributed by atoms with E-state index < -0.39 is 12.1 Å². The summed E-state index contributed by atoms with van der Waals surface area (Å²) in [6, 6.07) is 0. The lowest BCUT2D eigenvalue weighted by Gasteiger charge is -2.10. The van der Waals surface area contributed by atoms with Gasteiger partial charge in [0.2, 0.25) is 0 Å². The molecule has 0 aliphatic carbocycles. The van der Waals surface area contributed by atoms with Crippen molar-refractivity contribution in [1.29, 1.82) is 0 Å². The third kappa shape index (κ3) is 6.59. The van der Waals surface area contributed by atoms with Gasteiger partial charge in [-0.3, -0.25) is 0 Å². The highest BCUT2D eigenvalue weighted by molar-refractivity contribution is 5.88. The first-order valence-corrected chi connectivity index (χ1v) is 6.13. The molecule has 94 valence electrons. The van der Waals surface area contributed by atoms with Gasteiger partial charge in [-0.15, -0.1) is 0 Å². The van der Waals surface area contributed by atoms with Gasteiger partial charge in [0.05, 0.1) is 12.2 Å². The molecule has 2 nitrogen and oxygen atoms in total. The fraction of sp³-hybridized carbons (Fsp3) is 0.769. The molecule has 0 fully saturated rings. The Hall–Kier alpha value is -0.860. The molecule has 0 saturated heterocycles. The van der Waals surface area contributed by atoms with Gasteiger partial charge in [-0.25, -0.2) is 9.18 Å². The minimum atomic E-state index is -1.25. The van der Waals surface area contributed by atoms with Crippen molar-refractivity contribution in [3.05, 3.63) is 12.2 Å². The molecular formula is C13H23FO2. The normalized spacial score (nSPS) is 12.2. The van der Waals surface area contributed by atoms with Crippen LogP contribution in [0.25, 0.3) is 0 Å². The smallest absolute Gasteiger partial charge is 0.336 e. The van der Waals surface area contributed by atoms with Crippen molar-refractivity contribution in [2.24, 2.45) is 0 Å². The number of ether oxygens (including phenoxy) is 1. The van der Waals surface area contributed by atoms with Crippen molar-refractivity contribution in [2.75, 3.05) is 6.61 Å². The summed E-state index contributed by atoms with van der Waals surface area (Å²) in [5, 5.41) is 0. The maximum atomic E-state index is 13.5. The van der Waals surface area contributed by atoms with Crippen molar-refractivity contribution in [1.82, 2.24) is 0 Å². The van der Waals surface area contributed by atoms with Crippen LogP contribution in [0.4, 0.5) is 4.39 Å². The Morgan fingerprint density at radius 1 is 1.25 bits per heavy atom. The highest BCUT2D eigenvalue weighted by atomic mass is 19.1. The summed E-state index contributed by atoms with van der Waals surface area (Å²) in [6.45, 7) is 7.54. The van der Waals surface area contributed by atoms with Crippen molar-refractivity contribution in [3.63, 3.8) is 0 Å². The van der Waals surface area contributed by atoms with Crippen LogP contribution in [0.5, 0.6) is 0 Å². The highest BCUT2D eigenvalue weighted by Crippen LogP contribution is 2.15. The second kappa shape index (κ2) is 9.37. The number of carbonyl (C=O) groups excluding carboxylic acids is 1. The number of hydrogen-bond acceptors (Lipinski definition) is 2. The second-order valence-electron chi connectivity index (χ2n) is 3.92. The van der Waals surface area contributed by atoms with Gasteiger partial charge < -0.3 is 4.74 Å². The summed E-state index contributed by atoms with van der Waals surface area (Å²) in [6.07, 6.45) is 4.45. The number of alkyl halides is 1. The molecule has 1 unspecified atom stereocenters. The molecular weight excluding hydrogens is 207 g/mol. The van der Waals surface area contributed by atoms with Crippen LogP contribution in [0.3, 0.4) is 0 Å². The predicted octanol–water partition coefficient (Wildman–Crippen LogP) is 3.80. The summed E-state index contributed by atoms with van der Waals surface area (Å²) in [7, 11) is 0. The molecule has 0 aliphatic heterocycles. The Kier molecular flexibility index (Phi) is 8.87. The zero-order valence-corrected chi connectivity index (χ0v) is 10.4. The molecule has 0 bridgehead atoms. The van der Waals surface area contributed by atoms with Gasteiger partial charge in [0.15, 0.2) is 0 Å². The van der Waals surface area contributed by atoms with Gasteiger partial charge in [-0.1, -0.05) is 45.6 Å². The monoisotopic (exact) mass is 230 g/mol. The van der Waals surface area contributed by atoms with Gasteiger partial charge in [-0.2, -0.15) is 0 Å². The zero-order valence-electron chi connectivity index (χ0n) is 10.4. The fourth-order valence-corrected chi connectivity index (χ4v) is 1.45. The van der Waals surface area contributed by atoms with Gasteiger partial charge in [0.1, 0.15) is 6.17 Å². The molecule has 0 aromatic carbocycles. The number of rotatable bonds is 9. The lowest BCUT2D eigenvalue weighted by atomic mass is 10.0. The lowest BCUT2D eigenvalue weighted by molar-refractivity contribution is -0.139. The van der Waals surface area contributed by atoms with Crippen LogP contribution in [0.15, 0.2) is 12.2 Å². The van der Waals surface area contributed by atoms with Crippen LogP contribution in [0, 0.1) is 0 Å². The van der Waals surface area contributed by atoms with E-state index >= 15 is 0 Å². The molecule has 16 heavy (non-hydrogen) atoms. The minimum Gasteiger partial charge on any atom is -0.463 e. The van der Waals surface area contributed by atoms with Gasteiger partial charge >= 0.3 is 5.97 Å². The van der Waals surface area contributed by atoms with Gasteiger partial charge in [0, 0.05) is 0 Å². The SMILES string of the molecule is C=C(C(=O)OCC)C(F)CCCCCCC. The molecule has 0 radical (unpaired) electrons. The van der Waals surface area contributed by atoms with Crippen LogP contribution in [-0.2, 0) is 9.53 Å². The lowest BCUT2D eigenvalue weighted by Crippen LogP contribution is -2.16. The Balaban J connectivity index is 3.66. The van der Waals surface area contributed by atoms with E-state index in [-0.39, 0.29) is 12.2 Å². The average Bonchev–Trinajstić information content (AvgIpc) is 2.27. The first kappa shape index (κ1) is 15.1. The van der Waals surface area contributed by atoms with Crippen LogP contribution in [0.1, 0.15) is 52.4 Å². The third-order valence-electron chi connectivity index (χ3n) is 2.48. The maximum absolute atomic E-state index is 13.5. The molecule has 0 rings (SSSR count). The summed E-state index contributed by atoms with van der Waals surface area (Å²) in [5.74, 6) is -0.608. The molecule has 3 heteroatoms. The van der Waals surface area contributed by atoms with Crippen molar-refractivity contribution in [3.8, 4) is 0 Å². The number of hydrogen-bond donors (Lipinski definition) is 0. The maximum Gasteiger partial charge on any atom is 0.336 e. The first-order valence-electron chi connectivity index (χ1n) is 6.13. The Bertz CT molecular complexity index is 214. The highest BCUT2D eigenvalue weighted by Gasteiger charge is 2.18. The average molecular weight is 230 g/mol. The third-order valence-corrected chi connectivity index (χ3v) is 2.48. The fourth-order valence-electron chi connectivity index (χ4n) is 1.45. The Labute approximate surface area is 97.9 Å². The quantitative estimate of drug-likeness (QED) is 0.342. The minimum absolute atomic E-state index is 0.0441. The topological polar surface area (TPSA) is 26.3 Å². The standard InChI is InChI=1S/C13H23FO2/c1-4-6-7-8-9-10-12(14)11(3)13(15)16-5-2/h12H,3-10H2,1-2H3. The molecule has 0 N–H and O–H groups in total. The van der Waals surface area contributed by atoms with Crippen molar-refractivity contribution < 1.29 is 13.9 Å². The van der Waals surface area contributed by atoms with Gasteiger partial charge in [0.25, 0.3) is 0 Å². The first-order chi connectivity index (χ1) is 7.63. The summed E-state index contributed by atoms with van der Waals surface area (Å²) in [4.78, 5) is 11.2. The second-order valence-corrected chi connectivity index (χ2v) is 3.92. The molecule has 0 aromatic rings. The molecule has 0 heterocycles. The van der Waals surface area contributed by atoms with Gasteiger partial charge in [-0.05, 0) is 13.3 Å². The summed E-state index contributed by atoms with van der Waals surface area (Å²) in [5.41, 5.74) is -0.0441. The zero-order chi connectivity index (χ0) is 12.4. The van der Waals surface area contributed by atoms with E-state index in [0.717, 1.165) is 19.3 Å². The molecule has 0 amide bonds. The van der Waals surface area contributed by atoms with Crippen LogP contribution >= 0.6 is 0 Å². The molecule has 0 aromatic heterocycles. The summed E-state index contributed by atoms with van der Waals surface area (Å²) < 4.78 is 18.2. The van der Waals surface area contributed by atoms with E-state index in [1.54, 1.807) is 6.92 Å². The van der Waals surface area contributed by atoms with E-state index in [4.69, 9.17) is 4.74 Å². The van der Waals surface area contributed by atoms with Crippen LogP contribution < -0.4 is 0 Å². The Morgan fingerprint density at radius 2 is 1.88 bits per heavy atom.